The number of pyridine rings is 1. The molecule has 122 valence electrons. The molecule has 1 heterocycles. The molecule has 23 heavy (non-hydrogen) atoms. The Morgan fingerprint density at radius 1 is 1.30 bits per heavy atom. The third-order valence-corrected chi connectivity index (χ3v) is 3.37. The van der Waals surface area contributed by atoms with Crippen molar-refractivity contribution in [3.05, 3.63) is 63.0 Å². The van der Waals surface area contributed by atoms with Crippen LogP contribution in [0.5, 0.6) is 0 Å². The average Bonchev–Trinajstić information content (AvgIpc) is 2.45. The van der Waals surface area contributed by atoms with Crippen LogP contribution in [0.1, 0.15) is 11.1 Å². The molecule has 1 aromatic carbocycles. The lowest BCUT2D eigenvalue weighted by Crippen LogP contribution is -2.29. The van der Waals surface area contributed by atoms with E-state index in [1.54, 1.807) is 31.2 Å². The summed E-state index contributed by atoms with van der Waals surface area (Å²) in [5.41, 5.74) is -0.649. The van der Waals surface area contributed by atoms with Crippen LogP contribution in [0.25, 0.3) is 0 Å². The predicted octanol–water partition coefficient (Wildman–Crippen LogP) is 3.47. The maximum atomic E-state index is 12.7. The zero-order valence-electron chi connectivity index (χ0n) is 11.9. The van der Waals surface area contributed by atoms with Crippen molar-refractivity contribution in [3.8, 4) is 0 Å². The molecule has 1 aromatic heterocycles. The summed E-state index contributed by atoms with van der Waals surface area (Å²) in [6.07, 6.45) is -4.09. The largest absolute Gasteiger partial charge is 0.417 e. The van der Waals surface area contributed by atoms with Gasteiger partial charge in [0.2, 0.25) is 5.91 Å². The fourth-order valence-corrected chi connectivity index (χ4v) is 2.16. The lowest BCUT2D eigenvalue weighted by molar-refractivity contribution is -0.138. The average molecular weight is 345 g/mol. The standard InChI is InChI=1S/C15H12ClF3N2O2/c1-9-4-2-3-5-12(9)20-13(22)8-21-7-10(15(17,18)19)6-11(16)14(21)23/h2-7H,8H2,1H3,(H,20,22). The van der Waals surface area contributed by atoms with Crippen molar-refractivity contribution in [1.29, 1.82) is 0 Å². The lowest BCUT2D eigenvalue weighted by Gasteiger charge is -2.12. The zero-order valence-corrected chi connectivity index (χ0v) is 12.7. The van der Waals surface area contributed by atoms with Crippen LogP contribution in [0, 0.1) is 6.92 Å². The number of hydrogen-bond acceptors (Lipinski definition) is 2. The summed E-state index contributed by atoms with van der Waals surface area (Å²) in [6.45, 7) is 1.19. The number of para-hydroxylation sites is 1. The summed E-state index contributed by atoms with van der Waals surface area (Å²) < 4.78 is 38.9. The molecule has 0 unspecified atom stereocenters. The van der Waals surface area contributed by atoms with Crippen LogP contribution >= 0.6 is 11.6 Å². The predicted molar refractivity (Wildman–Crippen MR) is 80.5 cm³/mol. The Balaban J connectivity index is 2.26. The van der Waals surface area contributed by atoms with E-state index >= 15 is 0 Å². The molecule has 8 heteroatoms. The second-order valence-corrected chi connectivity index (χ2v) is 5.28. The van der Waals surface area contributed by atoms with Gasteiger partial charge in [0.25, 0.3) is 5.56 Å². The van der Waals surface area contributed by atoms with Crippen molar-refractivity contribution in [3.63, 3.8) is 0 Å². The molecule has 0 spiro atoms. The smallest absolute Gasteiger partial charge is 0.324 e. The van der Waals surface area contributed by atoms with Crippen molar-refractivity contribution >= 4 is 23.2 Å². The highest BCUT2D eigenvalue weighted by molar-refractivity contribution is 6.30. The Bertz CT molecular complexity index is 800. The molecule has 0 bridgehead atoms. The Morgan fingerprint density at radius 2 is 1.96 bits per heavy atom. The van der Waals surface area contributed by atoms with Crippen molar-refractivity contribution < 1.29 is 18.0 Å². The van der Waals surface area contributed by atoms with Crippen LogP contribution in [-0.2, 0) is 17.5 Å². The van der Waals surface area contributed by atoms with Crippen LogP contribution in [0.4, 0.5) is 18.9 Å². The number of aryl methyl sites for hydroxylation is 1. The summed E-state index contributed by atoms with van der Waals surface area (Å²) in [6, 6.07) is 7.44. The summed E-state index contributed by atoms with van der Waals surface area (Å²) in [7, 11) is 0. The maximum Gasteiger partial charge on any atom is 0.417 e. The SMILES string of the molecule is Cc1ccccc1NC(=O)Cn1cc(C(F)(F)F)cc(Cl)c1=O. The van der Waals surface area contributed by atoms with E-state index in [0.717, 1.165) is 5.56 Å². The lowest BCUT2D eigenvalue weighted by atomic mass is 10.2. The molecule has 1 N–H and O–H groups in total. The van der Waals surface area contributed by atoms with Crippen molar-refractivity contribution in [2.24, 2.45) is 0 Å². The van der Waals surface area contributed by atoms with Gasteiger partial charge in [-0.25, -0.2) is 0 Å². The first kappa shape index (κ1) is 17.1. The van der Waals surface area contributed by atoms with Crippen LogP contribution in [0.15, 0.2) is 41.3 Å². The van der Waals surface area contributed by atoms with Gasteiger partial charge in [-0.15, -0.1) is 0 Å². The number of alkyl halides is 3. The Labute approximate surface area is 134 Å². The van der Waals surface area contributed by atoms with Gasteiger partial charge >= 0.3 is 6.18 Å². The monoisotopic (exact) mass is 344 g/mol. The molecule has 2 rings (SSSR count). The summed E-state index contributed by atoms with van der Waals surface area (Å²) in [5.74, 6) is -0.628. The van der Waals surface area contributed by atoms with Gasteiger partial charge in [-0.05, 0) is 24.6 Å². The number of carbonyl (C=O) groups excluding carboxylic acids is 1. The van der Waals surface area contributed by atoms with E-state index in [2.05, 4.69) is 5.32 Å². The molecular weight excluding hydrogens is 333 g/mol. The molecular formula is C15H12ClF3N2O2. The summed E-state index contributed by atoms with van der Waals surface area (Å²) in [4.78, 5) is 23.7. The molecule has 0 saturated heterocycles. The number of benzene rings is 1. The van der Waals surface area contributed by atoms with Crippen molar-refractivity contribution in [2.75, 3.05) is 5.32 Å². The van der Waals surface area contributed by atoms with E-state index in [9.17, 15) is 22.8 Å². The summed E-state index contributed by atoms with van der Waals surface area (Å²) in [5, 5.41) is 1.95. The maximum absolute atomic E-state index is 12.7. The Morgan fingerprint density at radius 3 is 2.57 bits per heavy atom. The first-order valence-electron chi connectivity index (χ1n) is 6.51. The van der Waals surface area contributed by atoms with Gasteiger partial charge in [0.05, 0.1) is 5.56 Å². The number of aromatic nitrogens is 1. The van der Waals surface area contributed by atoms with Crippen LogP contribution < -0.4 is 10.9 Å². The molecule has 2 aromatic rings. The minimum atomic E-state index is -4.66. The number of hydrogen-bond donors (Lipinski definition) is 1. The second kappa shape index (κ2) is 6.45. The fraction of sp³-hybridized carbons (Fsp3) is 0.200. The second-order valence-electron chi connectivity index (χ2n) is 4.87. The van der Waals surface area contributed by atoms with E-state index < -0.39 is 34.8 Å². The third-order valence-electron chi connectivity index (χ3n) is 3.10. The fourth-order valence-electron chi connectivity index (χ4n) is 1.93. The van der Waals surface area contributed by atoms with E-state index in [1.807, 2.05) is 0 Å². The molecule has 0 saturated carbocycles. The van der Waals surface area contributed by atoms with Gasteiger partial charge in [-0.3, -0.25) is 9.59 Å². The zero-order chi connectivity index (χ0) is 17.2. The van der Waals surface area contributed by atoms with E-state index in [-0.39, 0.29) is 0 Å². The minimum Gasteiger partial charge on any atom is -0.324 e. The first-order chi connectivity index (χ1) is 10.7. The molecule has 1 amide bonds. The molecule has 4 nitrogen and oxygen atoms in total. The number of amides is 1. The van der Waals surface area contributed by atoms with E-state index in [4.69, 9.17) is 11.6 Å². The number of carbonyl (C=O) groups is 1. The topological polar surface area (TPSA) is 51.1 Å². The number of halogens is 4. The van der Waals surface area contributed by atoms with E-state index in [1.165, 1.54) is 0 Å². The normalized spacial score (nSPS) is 11.3. The van der Waals surface area contributed by atoms with Gasteiger partial charge in [0, 0.05) is 11.9 Å². The van der Waals surface area contributed by atoms with Crippen molar-refractivity contribution in [1.82, 2.24) is 4.57 Å². The summed E-state index contributed by atoms with van der Waals surface area (Å²) >= 11 is 5.53. The van der Waals surface area contributed by atoms with E-state index in [0.29, 0.717) is 22.5 Å². The first-order valence-corrected chi connectivity index (χ1v) is 6.89. The molecule has 0 aliphatic carbocycles. The molecule has 0 aliphatic rings. The Hall–Kier alpha value is -2.28. The quantitative estimate of drug-likeness (QED) is 0.927. The van der Waals surface area contributed by atoms with Gasteiger partial charge in [0.1, 0.15) is 11.6 Å². The number of anilines is 1. The van der Waals surface area contributed by atoms with Gasteiger partial charge in [0.15, 0.2) is 0 Å². The molecule has 0 fully saturated rings. The van der Waals surface area contributed by atoms with Crippen LogP contribution in [-0.4, -0.2) is 10.5 Å². The number of nitrogens with one attached hydrogen (secondary N) is 1. The third kappa shape index (κ3) is 4.13. The van der Waals surface area contributed by atoms with Crippen LogP contribution in [0.3, 0.4) is 0 Å². The van der Waals surface area contributed by atoms with Gasteiger partial charge < -0.3 is 9.88 Å². The number of rotatable bonds is 3. The highest BCUT2D eigenvalue weighted by Crippen LogP contribution is 2.29. The van der Waals surface area contributed by atoms with Gasteiger partial charge in [-0.2, -0.15) is 13.2 Å². The molecule has 0 atom stereocenters. The Kier molecular flexibility index (Phi) is 4.79. The highest BCUT2D eigenvalue weighted by atomic mass is 35.5. The van der Waals surface area contributed by atoms with Gasteiger partial charge in [-0.1, -0.05) is 29.8 Å². The molecule has 0 aliphatic heterocycles. The number of nitrogens with zero attached hydrogens (tertiary/aromatic N) is 1. The molecule has 0 radical (unpaired) electrons. The van der Waals surface area contributed by atoms with Crippen LogP contribution in [0.2, 0.25) is 5.02 Å². The highest BCUT2D eigenvalue weighted by Gasteiger charge is 2.32. The minimum absolute atomic E-state index is 0.517. The van der Waals surface area contributed by atoms with Crippen molar-refractivity contribution in [2.45, 2.75) is 19.6 Å².